The van der Waals surface area contributed by atoms with E-state index in [-0.39, 0.29) is 5.91 Å². The maximum absolute atomic E-state index is 11.9. The van der Waals surface area contributed by atoms with Crippen LogP contribution in [0.4, 0.5) is 5.95 Å². The summed E-state index contributed by atoms with van der Waals surface area (Å²) in [6, 6.07) is 5.51. The van der Waals surface area contributed by atoms with Crippen molar-refractivity contribution >= 4 is 11.9 Å². The van der Waals surface area contributed by atoms with Gasteiger partial charge in [-0.3, -0.25) is 9.78 Å². The highest BCUT2D eigenvalue weighted by molar-refractivity contribution is 5.92. The lowest BCUT2D eigenvalue weighted by molar-refractivity contribution is 0.0948. The number of nitrogens with zero attached hydrogens (tertiary/aromatic N) is 3. The van der Waals surface area contributed by atoms with Crippen molar-refractivity contribution in [3.63, 3.8) is 0 Å². The highest BCUT2D eigenvalue weighted by atomic mass is 16.1. The smallest absolute Gasteiger partial charge is 0.270 e. The third-order valence-corrected chi connectivity index (χ3v) is 2.82. The lowest BCUT2D eigenvalue weighted by Gasteiger charge is -2.08. The lowest BCUT2D eigenvalue weighted by atomic mass is 10.3. The van der Waals surface area contributed by atoms with Crippen molar-refractivity contribution in [3.8, 4) is 0 Å². The first-order chi connectivity index (χ1) is 10.2. The average molecular weight is 285 g/mol. The third-order valence-electron chi connectivity index (χ3n) is 2.82. The molecular weight excluding hydrogens is 266 g/mol. The van der Waals surface area contributed by atoms with Crippen LogP contribution in [0.2, 0.25) is 0 Å². The SMILES string of the molecule is CCCNC(=O)c1cc(C)nc(NCc2ccncc2)n1. The minimum Gasteiger partial charge on any atom is -0.351 e. The van der Waals surface area contributed by atoms with Crippen molar-refractivity contribution in [3.05, 3.63) is 47.5 Å². The normalized spacial score (nSPS) is 10.2. The van der Waals surface area contributed by atoms with Gasteiger partial charge in [-0.05, 0) is 37.1 Å². The minimum atomic E-state index is -0.172. The van der Waals surface area contributed by atoms with Crippen molar-refractivity contribution in [2.24, 2.45) is 0 Å². The second-order valence-electron chi connectivity index (χ2n) is 4.68. The molecule has 0 aliphatic rings. The molecule has 0 fully saturated rings. The molecule has 0 spiro atoms. The maximum Gasteiger partial charge on any atom is 0.270 e. The zero-order valence-electron chi connectivity index (χ0n) is 12.3. The number of rotatable bonds is 6. The molecule has 2 aromatic heterocycles. The van der Waals surface area contributed by atoms with Crippen molar-refractivity contribution in [2.75, 3.05) is 11.9 Å². The Balaban J connectivity index is 2.06. The average Bonchev–Trinajstić information content (AvgIpc) is 2.51. The number of pyridine rings is 1. The molecule has 0 aliphatic carbocycles. The van der Waals surface area contributed by atoms with E-state index in [0.29, 0.717) is 24.7 Å². The summed E-state index contributed by atoms with van der Waals surface area (Å²) in [4.78, 5) is 24.5. The number of nitrogens with one attached hydrogen (secondary N) is 2. The summed E-state index contributed by atoms with van der Waals surface area (Å²) in [6.45, 7) is 5.08. The summed E-state index contributed by atoms with van der Waals surface area (Å²) >= 11 is 0. The molecule has 2 N–H and O–H groups in total. The summed E-state index contributed by atoms with van der Waals surface area (Å²) in [5.74, 6) is 0.280. The number of carbonyl (C=O) groups is 1. The van der Waals surface area contributed by atoms with Gasteiger partial charge in [-0.2, -0.15) is 0 Å². The van der Waals surface area contributed by atoms with E-state index in [2.05, 4.69) is 25.6 Å². The molecule has 0 unspecified atom stereocenters. The van der Waals surface area contributed by atoms with Gasteiger partial charge in [-0.15, -0.1) is 0 Å². The number of hydrogen-bond donors (Lipinski definition) is 2. The second kappa shape index (κ2) is 7.33. The Morgan fingerprint density at radius 2 is 2.00 bits per heavy atom. The Hall–Kier alpha value is -2.50. The Morgan fingerprint density at radius 1 is 1.24 bits per heavy atom. The summed E-state index contributed by atoms with van der Waals surface area (Å²) in [5, 5.41) is 5.93. The number of carbonyl (C=O) groups excluding carboxylic acids is 1. The zero-order valence-corrected chi connectivity index (χ0v) is 12.3. The number of aromatic nitrogens is 3. The van der Waals surface area contributed by atoms with Crippen LogP contribution in [0.15, 0.2) is 30.6 Å². The van der Waals surface area contributed by atoms with Gasteiger partial charge in [0.2, 0.25) is 5.95 Å². The number of amides is 1. The maximum atomic E-state index is 11.9. The molecule has 0 radical (unpaired) electrons. The fourth-order valence-electron chi connectivity index (χ4n) is 1.77. The monoisotopic (exact) mass is 285 g/mol. The summed E-state index contributed by atoms with van der Waals surface area (Å²) in [6.07, 6.45) is 4.36. The summed E-state index contributed by atoms with van der Waals surface area (Å²) < 4.78 is 0. The van der Waals surface area contributed by atoms with Gasteiger partial charge >= 0.3 is 0 Å². The quantitative estimate of drug-likeness (QED) is 0.847. The molecule has 2 aromatic rings. The molecule has 6 heteroatoms. The van der Waals surface area contributed by atoms with E-state index in [1.54, 1.807) is 18.5 Å². The highest BCUT2D eigenvalue weighted by Crippen LogP contribution is 2.07. The minimum absolute atomic E-state index is 0.172. The Bertz CT molecular complexity index is 600. The van der Waals surface area contributed by atoms with Crippen LogP contribution < -0.4 is 10.6 Å². The molecule has 1 amide bonds. The molecule has 0 bridgehead atoms. The van der Waals surface area contributed by atoms with Crippen molar-refractivity contribution in [2.45, 2.75) is 26.8 Å². The Kier molecular flexibility index (Phi) is 5.20. The lowest BCUT2D eigenvalue weighted by Crippen LogP contribution is -2.25. The Labute approximate surface area is 124 Å². The van der Waals surface area contributed by atoms with E-state index in [9.17, 15) is 4.79 Å². The first kappa shape index (κ1) is 14.9. The predicted octanol–water partition coefficient (Wildman–Crippen LogP) is 1.93. The second-order valence-corrected chi connectivity index (χ2v) is 4.68. The Morgan fingerprint density at radius 3 is 2.71 bits per heavy atom. The fourth-order valence-corrected chi connectivity index (χ4v) is 1.77. The molecule has 2 rings (SSSR count). The van der Waals surface area contributed by atoms with Crippen LogP contribution in [-0.4, -0.2) is 27.4 Å². The van der Waals surface area contributed by atoms with Crippen LogP contribution in [0.25, 0.3) is 0 Å². The molecule has 21 heavy (non-hydrogen) atoms. The predicted molar refractivity (Wildman–Crippen MR) is 81.0 cm³/mol. The van der Waals surface area contributed by atoms with E-state index in [0.717, 1.165) is 17.7 Å². The largest absolute Gasteiger partial charge is 0.351 e. The van der Waals surface area contributed by atoms with Crippen molar-refractivity contribution < 1.29 is 4.79 Å². The zero-order chi connectivity index (χ0) is 15.1. The number of aryl methyl sites for hydroxylation is 1. The van der Waals surface area contributed by atoms with Crippen molar-refractivity contribution in [1.29, 1.82) is 0 Å². The molecule has 110 valence electrons. The molecule has 0 aliphatic heterocycles. The third kappa shape index (κ3) is 4.52. The molecular formula is C15H19N5O. The number of hydrogen-bond acceptors (Lipinski definition) is 5. The van der Waals surface area contributed by atoms with Crippen LogP contribution >= 0.6 is 0 Å². The fraction of sp³-hybridized carbons (Fsp3) is 0.333. The van der Waals surface area contributed by atoms with Crippen LogP contribution in [0.1, 0.15) is 35.1 Å². The molecule has 0 aromatic carbocycles. The van der Waals surface area contributed by atoms with Gasteiger partial charge in [-0.1, -0.05) is 6.92 Å². The van der Waals surface area contributed by atoms with Crippen LogP contribution in [0.3, 0.4) is 0 Å². The number of anilines is 1. The van der Waals surface area contributed by atoms with Crippen LogP contribution in [-0.2, 0) is 6.54 Å². The molecule has 0 saturated heterocycles. The van der Waals surface area contributed by atoms with Crippen LogP contribution in [0, 0.1) is 6.92 Å². The standard InChI is InChI=1S/C15H19N5O/c1-3-6-17-14(21)13-9-11(2)19-15(20-13)18-10-12-4-7-16-8-5-12/h4-5,7-9H,3,6,10H2,1-2H3,(H,17,21)(H,18,19,20). The van der Waals surface area contributed by atoms with E-state index < -0.39 is 0 Å². The van der Waals surface area contributed by atoms with Gasteiger partial charge < -0.3 is 10.6 Å². The van der Waals surface area contributed by atoms with E-state index >= 15 is 0 Å². The van der Waals surface area contributed by atoms with Gasteiger partial charge in [0.1, 0.15) is 5.69 Å². The molecule has 6 nitrogen and oxygen atoms in total. The van der Waals surface area contributed by atoms with E-state index in [1.165, 1.54) is 0 Å². The first-order valence-electron chi connectivity index (χ1n) is 6.95. The summed E-state index contributed by atoms with van der Waals surface area (Å²) in [5.41, 5.74) is 2.21. The summed E-state index contributed by atoms with van der Waals surface area (Å²) in [7, 11) is 0. The molecule has 0 atom stereocenters. The molecule has 0 saturated carbocycles. The van der Waals surface area contributed by atoms with Gasteiger partial charge in [0, 0.05) is 31.2 Å². The van der Waals surface area contributed by atoms with Gasteiger partial charge in [0.15, 0.2) is 0 Å². The van der Waals surface area contributed by atoms with E-state index in [1.807, 2.05) is 26.0 Å². The highest BCUT2D eigenvalue weighted by Gasteiger charge is 2.09. The first-order valence-corrected chi connectivity index (χ1v) is 6.95. The van der Waals surface area contributed by atoms with E-state index in [4.69, 9.17) is 0 Å². The van der Waals surface area contributed by atoms with Gasteiger partial charge in [0.25, 0.3) is 5.91 Å². The van der Waals surface area contributed by atoms with Crippen LogP contribution in [0.5, 0.6) is 0 Å². The van der Waals surface area contributed by atoms with Gasteiger partial charge in [-0.25, -0.2) is 9.97 Å². The molecule has 2 heterocycles. The van der Waals surface area contributed by atoms with Gasteiger partial charge in [0.05, 0.1) is 0 Å². The topological polar surface area (TPSA) is 79.8 Å². The van der Waals surface area contributed by atoms with Crippen molar-refractivity contribution in [1.82, 2.24) is 20.3 Å².